The van der Waals surface area contributed by atoms with Crippen molar-refractivity contribution in [3.63, 3.8) is 0 Å². The molecule has 1 aliphatic heterocycles. The number of anilines is 1. The molecule has 92 valence electrons. The van der Waals surface area contributed by atoms with E-state index in [0.717, 1.165) is 0 Å². The minimum Gasteiger partial charge on any atom is -0.371 e. The van der Waals surface area contributed by atoms with E-state index < -0.39 is 0 Å². The van der Waals surface area contributed by atoms with Crippen LogP contribution in [0.25, 0.3) is 11.1 Å². The van der Waals surface area contributed by atoms with Crippen LogP contribution in [0.5, 0.6) is 0 Å². The third-order valence-corrected chi connectivity index (χ3v) is 3.79. The number of para-hydroxylation sites is 1. The fourth-order valence-electron chi connectivity index (χ4n) is 2.81. The molecule has 0 radical (unpaired) electrons. The first-order valence-electron chi connectivity index (χ1n) is 6.76. The molecule has 1 heteroatoms. The van der Waals surface area contributed by atoms with Crippen molar-refractivity contribution >= 4 is 5.69 Å². The predicted octanol–water partition coefficient (Wildman–Crippen LogP) is 4.26. The van der Waals surface area contributed by atoms with Crippen molar-refractivity contribution in [2.45, 2.75) is 19.8 Å². The lowest BCUT2D eigenvalue weighted by Gasteiger charge is -2.22. The predicted molar refractivity (Wildman–Crippen MR) is 78.1 cm³/mol. The highest BCUT2D eigenvalue weighted by molar-refractivity contribution is 5.80. The number of hydrogen-bond acceptors (Lipinski definition) is 1. The van der Waals surface area contributed by atoms with Gasteiger partial charge in [0.25, 0.3) is 0 Å². The molecule has 0 spiro atoms. The van der Waals surface area contributed by atoms with E-state index in [1.165, 1.54) is 48.3 Å². The first-order chi connectivity index (χ1) is 8.86. The molecule has 18 heavy (non-hydrogen) atoms. The highest BCUT2D eigenvalue weighted by atomic mass is 15.1. The zero-order valence-electron chi connectivity index (χ0n) is 10.9. The van der Waals surface area contributed by atoms with Gasteiger partial charge in [-0.2, -0.15) is 0 Å². The average molecular weight is 237 g/mol. The van der Waals surface area contributed by atoms with Gasteiger partial charge < -0.3 is 4.90 Å². The van der Waals surface area contributed by atoms with E-state index in [2.05, 4.69) is 60.4 Å². The van der Waals surface area contributed by atoms with Crippen LogP contribution in [0.4, 0.5) is 5.69 Å². The van der Waals surface area contributed by atoms with Crippen LogP contribution in [0.15, 0.2) is 48.5 Å². The van der Waals surface area contributed by atoms with Crippen LogP contribution in [-0.2, 0) is 0 Å². The number of rotatable bonds is 2. The van der Waals surface area contributed by atoms with Gasteiger partial charge in [0.2, 0.25) is 0 Å². The van der Waals surface area contributed by atoms with Gasteiger partial charge in [0.15, 0.2) is 0 Å². The Balaban J connectivity index is 2.09. The molecule has 0 amide bonds. The Bertz CT molecular complexity index is 539. The third kappa shape index (κ3) is 2.01. The lowest BCUT2D eigenvalue weighted by Crippen LogP contribution is -2.18. The van der Waals surface area contributed by atoms with Crippen LogP contribution < -0.4 is 4.90 Å². The van der Waals surface area contributed by atoms with Crippen LogP contribution in [-0.4, -0.2) is 13.1 Å². The molecular formula is C17H19N. The van der Waals surface area contributed by atoms with E-state index in [-0.39, 0.29) is 0 Å². The molecule has 0 aliphatic carbocycles. The van der Waals surface area contributed by atoms with E-state index >= 15 is 0 Å². The largest absolute Gasteiger partial charge is 0.371 e. The Kier molecular flexibility index (Phi) is 3.06. The Morgan fingerprint density at radius 3 is 2.11 bits per heavy atom. The Labute approximate surface area is 109 Å². The molecule has 2 aromatic rings. The van der Waals surface area contributed by atoms with E-state index in [4.69, 9.17) is 0 Å². The maximum atomic E-state index is 2.52. The summed E-state index contributed by atoms with van der Waals surface area (Å²) in [6.45, 7) is 4.59. The van der Waals surface area contributed by atoms with Gasteiger partial charge >= 0.3 is 0 Å². The van der Waals surface area contributed by atoms with E-state index in [0.29, 0.717) is 0 Å². The Hall–Kier alpha value is -1.76. The molecule has 2 aromatic carbocycles. The van der Waals surface area contributed by atoms with Crippen molar-refractivity contribution < 1.29 is 0 Å². The monoisotopic (exact) mass is 237 g/mol. The van der Waals surface area contributed by atoms with E-state index in [1.807, 2.05) is 0 Å². The summed E-state index contributed by atoms with van der Waals surface area (Å²) in [5.41, 5.74) is 5.48. The molecular weight excluding hydrogens is 218 g/mol. The standard InChI is InChI=1S/C17H19N/c1-14-8-2-3-9-15(14)16-10-4-5-11-17(16)18-12-6-7-13-18/h2-5,8-11H,6-7,12-13H2,1H3. The fourth-order valence-corrected chi connectivity index (χ4v) is 2.81. The molecule has 0 unspecified atom stereocenters. The summed E-state index contributed by atoms with van der Waals surface area (Å²) in [6.07, 6.45) is 2.64. The molecule has 0 saturated carbocycles. The number of nitrogens with zero attached hydrogens (tertiary/aromatic N) is 1. The number of hydrogen-bond donors (Lipinski definition) is 0. The number of benzene rings is 2. The van der Waals surface area contributed by atoms with Crippen LogP contribution in [0.3, 0.4) is 0 Å². The molecule has 0 bridgehead atoms. The van der Waals surface area contributed by atoms with Gasteiger partial charge in [-0.15, -0.1) is 0 Å². The summed E-state index contributed by atoms with van der Waals surface area (Å²) in [4.78, 5) is 2.52. The van der Waals surface area contributed by atoms with Crippen LogP contribution in [0.1, 0.15) is 18.4 Å². The van der Waals surface area contributed by atoms with Crippen LogP contribution in [0.2, 0.25) is 0 Å². The molecule has 0 N–H and O–H groups in total. The maximum absolute atomic E-state index is 2.52. The summed E-state index contributed by atoms with van der Waals surface area (Å²) >= 11 is 0. The van der Waals surface area contributed by atoms with Crippen molar-refractivity contribution in [3.05, 3.63) is 54.1 Å². The summed E-state index contributed by atoms with van der Waals surface area (Å²) in [7, 11) is 0. The van der Waals surface area contributed by atoms with E-state index in [1.54, 1.807) is 0 Å². The van der Waals surface area contributed by atoms with Crippen molar-refractivity contribution in [1.82, 2.24) is 0 Å². The summed E-state index contributed by atoms with van der Waals surface area (Å²) in [5, 5.41) is 0. The molecule has 0 atom stereocenters. The van der Waals surface area contributed by atoms with Crippen LogP contribution in [0, 0.1) is 6.92 Å². The summed E-state index contributed by atoms with van der Waals surface area (Å²) in [6, 6.07) is 17.4. The minimum absolute atomic E-state index is 1.20. The van der Waals surface area contributed by atoms with Crippen molar-refractivity contribution in [2.75, 3.05) is 18.0 Å². The molecule has 1 heterocycles. The van der Waals surface area contributed by atoms with Gasteiger partial charge in [-0.1, -0.05) is 42.5 Å². The highest BCUT2D eigenvalue weighted by Gasteiger charge is 2.16. The molecule has 1 aliphatic rings. The fraction of sp³-hybridized carbons (Fsp3) is 0.294. The van der Waals surface area contributed by atoms with Crippen molar-refractivity contribution in [2.24, 2.45) is 0 Å². The van der Waals surface area contributed by atoms with Gasteiger partial charge in [-0.3, -0.25) is 0 Å². The second-order valence-electron chi connectivity index (χ2n) is 5.03. The Morgan fingerprint density at radius 2 is 1.39 bits per heavy atom. The zero-order chi connectivity index (χ0) is 12.4. The third-order valence-electron chi connectivity index (χ3n) is 3.79. The summed E-state index contributed by atoms with van der Waals surface area (Å²) in [5.74, 6) is 0. The smallest absolute Gasteiger partial charge is 0.0445 e. The second-order valence-corrected chi connectivity index (χ2v) is 5.03. The van der Waals surface area contributed by atoms with Crippen LogP contribution >= 0.6 is 0 Å². The van der Waals surface area contributed by atoms with Gasteiger partial charge in [0.1, 0.15) is 0 Å². The van der Waals surface area contributed by atoms with Crippen molar-refractivity contribution in [3.8, 4) is 11.1 Å². The zero-order valence-corrected chi connectivity index (χ0v) is 10.9. The quantitative estimate of drug-likeness (QED) is 0.754. The maximum Gasteiger partial charge on any atom is 0.0445 e. The van der Waals surface area contributed by atoms with Gasteiger partial charge in [-0.25, -0.2) is 0 Å². The lowest BCUT2D eigenvalue weighted by atomic mass is 9.98. The summed E-state index contributed by atoms with van der Waals surface area (Å²) < 4.78 is 0. The topological polar surface area (TPSA) is 3.24 Å². The molecule has 3 rings (SSSR count). The van der Waals surface area contributed by atoms with Gasteiger partial charge in [-0.05, 0) is 37.0 Å². The molecule has 1 fully saturated rings. The molecule has 1 nitrogen and oxygen atoms in total. The Morgan fingerprint density at radius 1 is 0.778 bits per heavy atom. The van der Waals surface area contributed by atoms with Gasteiger partial charge in [0.05, 0.1) is 0 Å². The second kappa shape index (κ2) is 4.85. The minimum atomic E-state index is 1.20. The number of aryl methyl sites for hydroxylation is 1. The van der Waals surface area contributed by atoms with Gasteiger partial charge in [0, 0.05) is 24.3 Å². The normalized spacial score (nSPS) is 15.1. The average Bonchev–Trinajstić information content (AvgIpc) is 2.93. The first kappa shape index (κ1) is 11.3. The van der Waals surface area contributed by atoms with Crippen molar-refractivity contribution in [1.29, 1.82) is 0 Å². The SMILES string of the molecule is Cc1ccccc1-c1ccccc1N1CCCC1. The first-order valence-corrected chi connectivity index (χ1v) is 6.76. The molecule has 0 aromatic heterocycles. The van der Waals surface area contributed by atoms with E-state index in [9.17, 15) is 0 Å². The lowest BCUT2D eigenvalue weighted by molar-refractivity contribution is 0.949. The molecule has 1 saturated heterocycles. The highest BCUT2D eigenvalue weighted by Crippen LogP contribution is 2.34.